The molecule has 0 amide bonds. The van der Waals surface area contributed by atoms with Gasteiger partial charge in [0, 0.05) is 63.8 Å². The van der Waals surface area contributed by atoms with Crippen LogP contribution in [0.1, 0.15) is 64.2 Å². The third kappa shape index (κ3) is 7.46. The fourth-order valence-corrected chi connectivity index (χ4v) is 7.65. The van der Waals surface area contributed by atoms with Gasteiger partial charge in [0.05, 0.1) is 45.0 Å². The summed E-state index contributed by atoms with van der Waals surface area (Å²) >= 11 is 0. The van der Waals surface area contributed by atoms with E-state index in [1.807, 2.05) is 48.6 Å². The van der Waals surface area contributed by atoms with E-state index < -0.39 is 23.9 Å². The molecule has 2 aliphatic heterocycles. The number of aromatic carboxylic acids is 4. The number of rotatable bonds is 8. The van der Waals surface area contributed by atoms with Gasteiger partial charge in [-0.25, -0.2) is 29.1 Å². The van der Waals surface area contributed by atoms with Crippen LogP contribution in [0.15, 0.2) is 121 Å². The largest absolute Gasteiger partial charge is 0.478 e. The molecule has 0 aliphatic carbocycles. The Hall–Kier alpha value is -8.02. The van der Waals surface area contributed by atoms with Crippen LogP contribution in [-0.4, -0.2) is 64.2 Å². The number of aromatic amines is 2. The molecule has 292 valence electrons. The molecule has 0 fully saturated rings. The van der Waals surface area contributed by atoms with Crippen LogP contribution in [0.4, 0.5) is 0 Å². The standard InChI is InChI=1S/C48H30N4O8.Zn/c53-45(54)29-9-1-5-25(21-29)41-33-13-15-35(49-33)42(26-6-2-10-30(22-26)46(55)56)37-17-19-39(51-37)44(28-8-4-12-32(24-28)48(59)60)40-20-18-38(52-40)43(36-16-14-34(41)50-36)27-7-3-11-31(23-27)47(57)58;/h1-24,49,52H,(H,53,54)(H,55,56)(H,57,58)(H,59,60);. The maximum atomic E-state index is 12.2. The van der Waals surface area contributed by atoms with Crippen LogP contribution in [0.2, 0.25) is 0 Å². The molecule has 0 unspecified atom stereocenters. The quantitative estimate of drug-likeness (QED) is 0.0797. The third-order valence-electron chi connectivity index (χ3n) is 10.3. The Bertz CT molecular complexity index is 2830. The van der Waals surface area contributed by atoms with Crippen molar-refractivity contribution in [2.24, 2.45) is 0 Å². The summed E-state index contributed by atoms with van der Waals surface area (Å²) in [6.07, 6.45) is 7.23. The summed E-state index contributed by atoms with van der Waals surface area (Å²) in [6, 6.07) is 33.3. The molecule has 12 nitrogen and oxygen atoms in total. The second kappa shape index (κ2) is 16.0. The van der Waals surface area contributed by atoms with E-state index in [2.05, 4.69) is 9.97 Å². The van der Waals surface area contributed by atoms with Crippen molar-refractivity contribution < 1.29 is 59.1 Å². The smallest absolute Gasteiger partial charge is 0.335 e. The molecule has 0 saturated heterocycles. The normalized spacial score (nSPS) is 11.5. The number of carboxylic acids is 4. The van der Waals surface area contributed by atoms with E-state index in [0.29, 0.717) is 89.4 Å². The van der Waals surface area contributed by atoms with Gasteiger partial charge < -0.3 is 30.4 Å². The summed E-state index contributed by atoms with van der Waals surface area (Å²) in [4.78, 5) is 66.1. The number of carboxylic acid groups (broad SMARTS) is 4. The summed E-state index contributed by atoms with van der Waals surface area (Å²) in [5.74, 6) is -4.43. The molecule has 9 rings (SSSR count). The number of H-pyrrole nitrogens is 2. The molecule has 0 atom stereocenters. The van der Waals surface area contributed by atoms with E-state index in [1.165, 1.54) is 24.3 Å². The monoisotopic (exact) mass is 854 g/mol. The topological polar surface area (TPSA) is 207 Å². The Morgan fingerprint density at radius 3 is 0.803 bits per heavy atom. The molecule has 6 N–H and O–H groups in total. The summed E-state index contributed by atoms with van der Waals surface area (Å²) in [5.41, 5.74) is 8.92. The van der Waals surface area contributed by atoms with Gasteiger partial charge in [0.2, 0.25) is 0 Å². The molecule has 2 aliphatic rings. The van der Waals surface area contributed by atoms with Crippen LogP contribution in [-0.2, 0) is 19.5 Å². The molecule has 8 bridgehead atoms. The molecule has 13 heteroatoms. The van der Waals surface area contributed by atoms with Gasteiger partial charge in [-0.15, -0.1) is 0 Å². The molecular formula is C48H30N4O8Zn. The Morgan fingerprint density at radius 2 is 0.590 bits per heavy atom. The zero-order chi connectivity index (χ0) is 41.7. The van der Waals surface area contributed by atoms with Crippen LogP contribution in [0.5, 0.6) is 0 Å². The van der Waals surface area contributed by atoms with E-state index >= 15 is 0 Å². The van der Waals surface area contributed by atoms with Crippen LogP contribution >= 0.6 is 0 Å². The van der Waals surface area contributed by atoms with E-state index in [0.717, 1.165) is 0 Å². The molecular weight excluding hydrogens is 826 g/mol. The Kier molecular flexibility index (Phi) is 10.4. The van der Waals surface area contributed by atoms with Crippen molar-refractivity contribution >= 4 is 70.2 Å². The van der Waals surface area contributed by atoms with Crippen LogP contribution < -0.4 is 0 Å². The van der Waals surface area contributed by atoms with Crippen molar-refractivity contribution in [3.05, 3.63) is 166 Å². The minimum absolute atomic E-state index is 0. The van der Waals surface area contributed by atoms with Crippen LogP contribution in [0.25, 0.3) is 90.9 Å². The first kappa shape index (κ1) is 39.8. The SMILES string of the molecule is O=C(O)c1cccc(-c2c3nc(c(-c4cccc(C(=O)O)c4)c4ccc([nH]4)c(-c4cccc(C(=O)O)c4)c4nc(c(-c5cccc(C(=O)O)c5)c5ccc2[nH]5)C=C4)C=C3)c1.[Zn]. The van der Waals surface area contributed by atoms with Crippen molar-refractivity contribution in [1.82, 2.24) is 19.9 Å². The van der Waals surface area contributed by atoms with Gasteiger partial charge in [0.15, 0.2) is 0 Å². The van der Waals surface area contributed by atoms with Crippen LogP contribution in [0, 0.1) is 0 Å². The van der Waals surface area contributed by atoms with Gasteiger partial charge in [-0.05, 0) is 119 Å². The van der Waals surface area contributed by atoms with Gasteiger partial charge in [0.25, 0.3) is 0 Å². The van der Waals surface area contributed by atoms with Gasteiger partial charge in [-0.1, -0.05) is 48.5 Å². The number of carbonyl (C=O) groups is 4. The van der Waals surface area contributed by atoms with Gasteiger partial charge in [-0.2, -0.15) is 0 Å². The predicted molar refractivity (Wildman–Crippen MR) is 228 cm³/mol. The van der Waals surface area contributed by atoms with Crippen molar-refractivity contribution in [1.29, 1.82) is 0 Å². The number of fused-ring (bicyclic) bond motifs is 8. The maximum absolute atomic E-state index is 12.2. The number of nitrogens with one attached hydrogen (secondary N) is 2. The Morgan fingerprint density at radius 1 is 0.361 bits per heavy atom. The third-order valence-corrected chi connectivity index (χ3v) is 10.3. The second-order valence-corrected chi connectivity index (χ2v) is 14.0. The van der Waals surface area contributed by atoms with Crippen molar-refractivity contribution in [2.75, 3.05) is 0 Å². The van der Waals surface area contributed by atoms with E-state index in [4.69, 9.17) is 9.97 Å². The van der Waals surface area contributed by atoms with Crippen molar-refractivity contribution in [3.63, 3.8) is 0 Å². The number of hydrogen-bond donors (Lipinski definition) is 6. The zero-order valence-electron chi connectivity index (χ0n) is 31.9. The molecule has 3 aromatic heterocycles. The predicted octanol–water partition coefficient (Wildman–Crippen LogP) is 10.1. The summed E-state index contributed by atoms with van der Waals surface area (Å²) in [6.45, 7) is 0. The van der Waals surface area contributed by atoms with Crippen molar-refractivity contribution in [3.8, 4) is 44.5 Å². The Labute approximate surface area is 358 Å². The summed E-state index contributed by atoms with van der Waals surface area (Å²) in [5, 5.41) is 39.9. The average Bonchev–Trinajstić information content (AvgIpc) is 4.09. The first-order valence-electron chi connectivity index (χ1n) is 18.5. The van der Waals surface area contributed by atoms with E-state index in [9.17, 15) is 39.6 Å². The van der Waals surface area contributed by atoms with Crippen LogP contribution in [0.3, 0.4) is 0 Å². The maximum Gasteiger partial charge on any atom is 0.335 e. The minimum atomic E-state index is -1.11. The van der Waals surface area contributed by atoms with Crippen molar-refractivity contribution in [2.45, 2.75) is 0 Å². The first-order valence-corrected chi connectivity index (χ1v) is 18.5. The molecule has 61 heavy (non-hydrogen) atoms. The molecule has 7 aromatic rings. The number of hydrogen-bond acceptors (Lipinski definition) is 6. The van der Waals surface area contributed by atoms with Gasteiger partial charge in [0.1, 0.15) is 0 Å². The number of benzene rings is 4. The van der Waals surface area contributed by atoms with Gasteiger partial charge in [-0.3, -0.25) is 0 Å². The molecule has 0 saturated carbocycles. The average molecular weight is 856 g/mol. The molecule has 0 spiro atoms. The molecule has 5 heterocycles. The second-order valence-electron chi connectivity index (χ2n) is 14.0. The number of nitrogens with zero attached hydrogens (tertiary/aromatic N) is 2. The zero-order valence-corrected chi connectivity index (χ0v) is 34.8. The van der Waals surface area contributed by atoms with Gasteiger partial charge >= 0.3 is 23.9 Å². The summed E-state index contributed by atoms with van der Waals surface area (Å²) in [7, 11) is 0. The molecule has 4 aromatic carbocycles. The molecule has 0 radical (unpaired) electrons. The first-order chi connectivity index (χ1) is 29.0. The summed E-state index contributed by atoms with van der Waals surface area (Å²) < 4.78 is 0. The Balaban J connectivity index is 0.00000514. The fraction of sp³-hybridized carbons (Fsp3) is 0. The van der Waals surface area contributed by atoms with E-state index in [1.54, 1.807) is 72.8 Å². The minimum Gasteiger partial charge on any atom is -0.478 e. The number of aromatic nitrogens is 4. The fourth-order valence-electron chi connectivity index (χ4n) is 7.65. The van der Waals surface area contributed by atoms with E-state index in [-0.39, 0.29) is 41.7 Å².